The zero-order valence-electron chi connectivity index (χ0n) is 48.0. The van der Waals surface area contributed by atoms with E-state index < -0.39 is 0 Å². The summed E-state index contributed by atoms with van der Waals surface area (Å²) in [6.07, 6.45) is 51.5. The summed E-state index contributed by atoms with van der Waals surface area (Å²) in [7, 11) is 0. The summed E-state index contributed by atoms with van der Waals surface area (Å²) < 4.78 is 45.7. The van der Waals surface area contributed by atoms with Gasteiger partial charge in [0.15, 0.2) is 25.1 Å². The third-order valence-corrected chi connectivity index (χ3v) is 13.7. The molecule has 0 saturated carbocycles. The minimum absolute atomic E-state index is 0.109. The van der Waals surface area contributed by atoms with Gasteiger partial charge in [0.25, 0.3) is 0 Å². The fourth-order valence-electron chi connectivity index (χ4n) is 8.99. The monoisotopic (exact) mass is 979 g/mol. The van der Waals surface area contributed by atoms with Crippen LogP contribution < -0.4 is 0 Å². The Bertz CT molecular complexity index is 993. The maximum absolute atomic E-state index is 6.67. The first-order chi connectivity index (χ1) is 34.0. The molecule has 0 amide bonds. The molecule has 0 fully saturated rings. The first kappa shape index (κ1) is 67.6. The molecule has 7 nitrogen and oxygen atoms in total. The van der Waals surface area contributed by atoms with Gasteiger partial charge in [-0.15, -0.1) is 0 Å². The van der Waals surface area contributed by atoms with Crippen molar-refractivity contribution in [2.45, 2.75) is 337 Å². The summed E-state index contributed by atoms with van der Waals surface area (Å²) >= 11 is 0. The van der Waals surface area contributed by atoms with E-state index in [0.717, 1.165) is 87.6 Å². The second-order valence-corrected chi connectivity index (χ2v) is 20.5. The predicted octanol–water partition coefficient (Wildman–Crippen LogP) is 20.7. The van der Waals surface area contributed by atoms with Crippen molar-refractivity contribution in [2.24, 2.45) is 0 Å². The lowest BCUT2D eigenvalue weighted by Crippen LogP contribution is -2.22. The van der Waals surface area contributed by atoms with Crippen LogP contribution in [0.25, 0.3) is 0 Å². The summed E-state index contributed by atoms with van der Waals surface area (Å²) in [5.41, 5.74) is 0. The zero-order valence-corrected chi connectivity index (χ0v) is 48.0. The third kappa shape index (κ3) is 45.0. The maximum Gasteiger partial charge on any atom is 0.162 e. The largest absolute Gasteiger partial charge is 0.494 e. The molecule has 0 N–H and O–H groups in total. The highest BCUT2D eigenvalue weighted by molar-refractivity contribution is 5.08. The average Bonchev–Trinajstić information content (AvgIpc) is 3.35. The van der Waals surface area contributed by atoms with Crippen LogP contribution in [0.3, 0.4) is 0 Å². The number of unbranched alkanes of at least 4 members (excludes halogenated alkanes) is 34. The minimum atomic E-state index is -0.291. The topological polar surface area (TPSA) is 64.6 Å². The molecule has 0 rings (SSSR count). The molecule has 0 aromatic carbocycles. The van der Waals surface area contributed by atoms with Gasteiger partial charge < -0.3 is 33.2 Å². The van der Waals surface area contributed by atoms with Crippen molar-refractivity contribution in [1.29, 1.82) is 0 Å². The fraction of sp³-hybridized carbons (Fsp3) is 0.935. The van der Waals surface area contributed by atoms with E-state index in [0.29, 0.717) is 13.2 Å². The van der Waals surface area contributed by atoms with E-state index in [-0.39, 0.29) is 25.8 Å². The van der Waals surface area contributed by atoms with Gasteiger partial charge in [-0.2, -0.15) is 0 Å². The summed E-state index contributed by atoms with van der Waals surface area (Å²) in [5, 5.41) is 0. The highest BCUT2D eigenvalue weighted by Crippen LogP contribution is 2.26. The minimum Gasteiger partial charge on any atom is -0.494 e. The Hall–Kier alpha value is -1.44. The van der Waals surface area contributed by atoms with Gasteiger partial charge in [0.1, 0.15) is 23.7 Å². The van der Waals surface area contributed by atoms with Gasteiger partial charge in [-0.3, -0.25) is 0 Å². The number of ether oxygens (including phenoxy) is 7. The molecule has 69 heavy (non-hydrogen) atoms. The molecule has 0 aliphatic carbocycles. The van der Waals surface area contributed by atoms with Gasteiger partial charge in [-0.05, 0) is 52.4 Å². The van der Waals surface area contributed by atoms with Crippen LogP contribution in [0.2, 0.25) is 0 Å². The van der Waals surface area contributed by atoms with Crippen LogP contribution in [0.15, 0.2) is 23.0 Å². The molecule has 0 aliphatic heterocycles. The fourth-order valence-corrected chi connectivity index (χ4v) is 8.99. The molecule has 0 bridgehead atoms. The normalized spacial score (nSPS) is 13.3. The Balaban J connectivity index is 6.00. The Kier molecular flexibility index (Phi) is 54.7. The summed E-state index contributed by atoms with van der Waals surface area (Å²) in [5.74, 6) is 3.69. The second-order valence-electron chi connectivity index (χ2n) is 20.5. The lowest BCUT2D eigenvalue weighted by atomic mass is 10.1. The van der Waals surface area contributed by atoms with Gasteiger partial charge in [0.05, 0.1) is 26.4 Å². The average molecular weight is 980 g/mol. The molecular weight excluding hydrogens is 857 g/mol. The third-order valence-electron chi connectivity index (χ3n) is 13.7. The van der Waals surface area contributed by atoms with Crippen LogP contribution in [0.4, 0.5) is 0 Å². The van der Waals surface area contributed by atoms with Crippen molar-refractivity contribution in [3.05, 3.63) is 23.0 Å². The standard InChI is InChI=1S/C62H122O7/c1-9-15-21-27-33-35-37-43-49-59(64-51-45-39-29-23-17-11-3)61(66-53-47-41-31-25-19-13-5)57(7)68-55-63-56-69-58(8)62(67-54-48-42-32-26-20-14-6)60(65-52-46-40-30-24-18-12-4)50-44-38-36-34-28-22-16-10-2/h57-58H,9-56H2,1-8H3. The maximum atomic E-state index is 6.67. The van der Waals surface area contributed by atoms with Gasteiger partial charge in [0, 0.05) is 12.8 Å². The zero-order chi connectivity index (χ0) is 50.4. The Labute approximate surface area is 431 Å². The van der Waals surface area contributed by atoms with Crippen molar-refractivity contribution in [3.8, 4) is 0 Å². The highest BCUT2D eigenvalue weighted by Gasteiger charge is 2.21. The van der Waals surface area contributed by atoms with E-state index in [1.165, 1.54) is 218 Å². The van der Waals surface area contributed by atoms with Crippen molar-refractivity contribution in [1.82, 2.24) is 0 Å². The van der Waals surface area contributed by atoms with Crippen LogP contribution >= 0.6 is 0 Å². The lowest BCUT2D eigenvalue weighted by Gasteiger charge is -2.24. The van der Waals surface area contributed by atoms with Crippen molar-refractivity contribution in [3.63, 3.8) is 0 Å². The van der Waals surface area contributed by atoms with Crippen LogP contribution in [0.1, 0.15) is 325 Å². The number of hydrogen-bond acceptors (Lipinski definition) is 7. The van der Waals surface area contributed by atoms with Crippen LogP contribution in [-0.2, 0) is 33.2 Å². The Morgan fingerprint density at radius 1 is 0.261 bits per heavy atom. The number of allylic oxidation sites excluding steroid dienone is 2. The van der Waals surface area contributed by atoms with Gasteiger partial charge in [-0.25, -0.2) is 0 Å². The van der Waals surface area contributed by atoms with Crippen molar-refractivity contribution < 1.29 is 33.2 Å². The van der Waals surface area contributed by atoms with Gasteiger partial charge in [-0.1, -0.05) is 260 Å². The van der Waals surface area contributed by atoms with Crippen LogP contribution in [0, 0.1) is 0 Å². The molecular formula is C62H122O7. The smallest absolute Gasteiger partial charge is 0.162 e. The molecule has 0 heterocycles. The molecule has 0 aromatic rings. The van der Waals surface area contributed by atoms with E-state index in [1.807, 2.05) is 0 Å². The van der Waals surface area contributed by atoms with Crippen molar-refractivity contribution in [2.75, 3.05) is 40.0 Å². The molecule has 412 valence electrons. The summed E-state index contributed by atoms with van der Waals surface area (Å²) in [6, 6.07) is 0. The molecule has 0 aromatic heterocycles. The first-order valence-corrected chi connectivity index (χ1v) is 30.8. The van der Waals surface area contributed by atoms with E-state index in [4.69, 9.17) is 33.2 Å². The number of hydrogen-bond donors (Lipinski definition) is 0. The predicted molar refractivity (Wildman–Crippen MR) is 298 cm³/mol. The molecule has 0 spiro atoms. The molecule has 0 saturated heterocycles. The summed E-state index contributed by atoms with van der Waals surface area (Å²) in [4.78, 5) is 0. The molecule has 7 heteroatoms. The van der Waals surface area contributed by atoms with Gasteiger partial charge in [0.2, 0.25) is 0 Å². The highest BCUT2D eigenvalue weighted by atomic mass is 16.7. The van der Waals surface area contributed by atoms with E-state index >= 15 is 0 Å². The quantitative estimate of drug-likeness (QED) is 0.0342. The first-order valence-electron chi connectivity index (χ1n) is 30.8. The van der Waals surface area contributed by atoms with E-state index in [2.05, 4.69) is 55.4 Å². The van der Waals surface area contributed by atoms with Gasteiger partial charge >= 0.3 is 0 Å². The molecule has 0 aliphatic rings. The van der Waals surface area contributed by atoms with Crippen LogP contribution in [0.5, 0.6) is 0 Å². The molecule has 0 radical (unpaired) electrons. The van der Waals surface area contributed by atoms with Crippen LogP contribution in [-0.4, -0.2) is 52.2 Å². The lowest BCUT2D eigenvalue weighted by molar-refractivity contribution is -0.160. The number of rotatable bonds is 58. The Morgan fingerprint density at radius 3 is 0.739 bits per heavy atom. The molecule has 2 unspecified atom stereocenters. The molecule has 2 atom stereocenters. The second kappa shape index (κ2) is 55.9. The summed E-state index contributed by atoms with van der Waals surface area (Å²) in [6.45, 7) is 21.0. The van der Waals surface area contributed by atoms with E-state index in [9.17, 15) is 0 Å². The van der Waals surface area contributed by atoms with Crippen molar-refractivity contribution >= 4 is 0 Å². The SMILES string of the molecule is CCCCCCCCCCC(OCCCCCCCC)=C(OCCCCCCCC)C(C)OCOCOC(C)C(OCCCCCCCC)=C(CCCCCCCCCC)OCCCCCCCC. The van der Waals surface area contributed by atoms with E-state index in [1.54, 1.807) is 0 Å². The Morgan fingerprint density at radius 2 is 0.478 bits per heavy atom.